The summed E-state index contributed by atoms with van der Waals surface area (Å²) in [5, 5.41) is 3.39. The summed E-state index contributed by atoms with van der Waals surface area (Å²) in [6.45, 7) is 5.03. The molecule has 2 fully saturated rings. The molecule has 0 radical (unpaired) electrons. The lowest BCUT2D eigenvalue weighted by Gasteiger charge is -2.18. The molecule has 2 aliphatic rings. The maximum Gasteiger partial charge on any atom is 0.0953 e. The van der Waals surface area contributed by atoms with E-state index in [9.17, 15) is 0 Å². The number of nitrogens with zero attached hydrogens (tertiary/aromatic N) is 2. The fourth-order valence-electron chi connectivity index (χ4n) is 2.84. The molecule has 2 atom stereocenters. The van der Waals surface area contributed by atoms with Crippen molar-refractivity contribution in [3.05, 3.63) is 18.2 Å². The molecule has 100 valence electrons. The minimum atomic E-state index is 0.440. The summed E-state index contributed by atoms with van der Waals surface area (Å²) in [5.74, 6) is 0.807. The van der Waals surface area contributed by atoms with Crippen molar-refractivity contribution in [1.82, 2.24) is 14.9 Å². The zero-order chi connectivity index (χ0) is 12.4. The van der Waals surface area contributed by atoms with E-state index in [-0.39, 0.29) is 0 Å². The van der Waals surface area contributed by atoms with Gasteiger partial charge in [-0.15, -0.1) is 0 Å². The predicted octanol–water partition coefficient (Wildman–Crippen LogP) is 2.12. The first kappa shape index (κ1) is 12.2. The quantitative estimate of drug-likeness (QED) is 0.785. The van der Waals surface area contributed by atoms with E-state index in [1.54, 1.807) is 0 Å². The van der Waals surface area contributed by atoms with E-state index in [2.05, 4.69) is 28.0 Å². The van der Waals surface area contributed by atoms with Crippen LogP contribution in [0.4, 0.5) is 0 Å². The van der Waals surface area contributed by atoms with Crippen LogP contribution in [0.25, 0.3) is 0 Å². The van der Waals surface area contributed by atoms with Gasteiger partial charge in [0.15, 0.2) is 0 Å². The van der Waals surface area contributed by atoms with Crippen molar-refractivity contribution < 1.29 is 4.74 Å². The van der Waals surface area contributed by atoms with Gasteiger partial charge in [-0.1, -0.05) is 6.92 Å². The smallest absolute Gasteiger partial charge is 0.0953 e. The molecule has 0 spiro atoms. The Labute approximate surface area is 109 Å². The van der Waals surface area contributed by atoms with E-state index in [0.717, 1.165) is 37.7 Å². The van der Waals surface area contributed by atoms with Gasteiger partial charge in [-0.05, 0) is 38.1 Å². The van der Waals surface area contributed by atoms with Crippen LogP contribution in [0.5, 0.6) is 0 Å². The van der Waals surface area contributed by atoms with E-state index in [0.29, 0.717) is 12.1 Å². The average molecular weight is 249 g/mol. The third-order valence-electron chi connectivity index (χ3n) is 3.96. The lowest BCUT2D eigenvalue weighted by atomic mass is 10.1. The highest BCUT2D eigenvalue weighted by atomic mass is 16.5. The first-order chi connectivity index (χ1) is 8.88. The molecule has 4 nitrogen and oxygen atoms in total. The topological polar surface area (TPSA) is 39.1 Å². The molecule has 1 aliphatic heterocycles. The summed E-state index contributed by atoms with van der Waals surface area (Å²) in [6.07, 6.45) is 9.62. The summed E-state index contributed by atoms with van der Waals surface area (Å²) < 4.78 is 8.16. The second-order valence-corrected chi connectivity index (χ2v) is 5.52. The predicted molar refractivity (Wildman–Crippen MR) is 70.3 cm³/mol. The molecule has 4 heteroatoms. The Morgan fingerprint density at radius 2 is 2.33 bits per heavy atom. The van der Waals surface area contributed by atoms with Crippen LogP contribution in [-0.4, -0.2) is 28.8 Å². The van der Waals surface area contributed by atoms with Crippen molar-refractivity contribution in [2.75, 3.05) is 13.2 Å². The largest absolute Gasteiger partial charge is 0.376 e. The summed E-state index contributed by atoms with van der Waals surface area (Å²) in [7, 11) is 0. The first-order valence-corrected chi connectivity index (χ1v) is 7.23. The molecule has 1 saturated carbocycles. The minimum absolute atomic E-state index is 0.440. The molecule has 0 bridgehead atoms. The number of hydrogen-bond acceptors (Lipinski definition) is 3. The Hall–Kier alpha value is -0.870. The highest BCUT2D eigenvalue weighted by Gasteiger charge is 2.41. The molecule has 1 aromatic heterocycles. The SMILES string of the molecule is CCCNCc1cn(C2CCOC2C2CC2)cn1. The van der Waals surface area contributed by atoms with E-state index in [4.69, 9.17) is 4.74 Å². The Kier molecular flexibility index (Phi) is 3.66. The minimum Gasteiger partial charge on any atom is -0.376 e. The van der Waals surface area contributed by atoms with Crippen molar-refractivity contribution in [2.24, 2.45) is 5.92 Å². The molecule has 2 unspecified atom stereocenters. The van der Waals surface area contributed by atoms with Gasteiger partial charge in [0.1, 0.15) is 0 Å². The monoisotopic (exact) mass is 249 g/mol. The summed E-state index contributed by atoms with van der Waals surface area (Å²) >= 11 is 0. The van der Waals surface area contributed by atoms with E-state index < -0.39 is 0 Å². The first-order valence-electron chi connectivity index (χ1n) is 7.23. The molecule has 1 saturated heterocycles. The van der Waals surface area contributed by atoms with Gasteiger partial charge in [0.05, 0.1) is 24.2 Å². The normalized spacial score (nSPS) is 27.8. The number of imidazole rings is 1. The highest BCUT2D eigenvalue weighted by Crippen LogP contribution is 2.43. The molecule has 0 aromatic carbocycles. The molecule has 3 rings (SSSR count). The fourth-order valence-corrected chi connectivity index (χ4v) is 2.84. The van der Waals surface area contributed by atoms with E-state index in [1.165, 1.54) is 19.3 Å². The van der Waals surface area contributed by atoms with Crippen molar-refractivity contribution in [3.8, 4) is 0 Å². The maximum atomic E-state index is 5.89. The van der Waals surface area contributed by atoms with Gasteiger partial charge in [0.2, 0.25) is 0 Å². The van der Waals surface area contributed by atoms with Gasteiger partial charge in [-0.25, -0.2) is 4.98 Å². The zero-order valence-electron chi connectivity index (χ0n) is 11.1. The Morgan fingerprint density at radius 3 is 3.11 bits per heavy atom. The van der Waals surface area contributed by atoms with Crippen LogP contribution < -0.4 is 5.32 Å². The average Bonchev–Trinajstić information content (AvgIpc) is 2.92. The number of ether oxygens (including phenoxy) is 1. The van der Waals surface area contributed by atoms with Crippen LogP contribution >= 0.6 is 0 Å². The standard InChI is InChI=1S/C14H23N3O/c1-2-6-15-8-12-9-17(10-16-12)13-5-7-18-14(13)11-3-4-11/h9-11,13-15H,2-8H2,1H3. The van der Waals surface area contributed by atoms with Crippen LogP contribution in [-0.2, 0) is 11.3 Å². The third kappa shape index (κ3) is 2.59. The van der Waals surface area contributed by atoms with Gasteiger partial charge in [0.25, 0.3) is 0 Å². The molecule has 2 heterocycles. The van der Waals surface area contributed by atoms with Crippen molar-refractivity contribution in [1.29, 1.82) is 0 Å². The molecular weight excluding hydrogens is 226 g/mol. The number of hydrogen-bond donors (Lipinski definition) is 1. The lowest BCUT2D eigenvalue weighted by Crippen LogP contribution is -2.21. The van der Waals surface area contributed by atoms with Gasteiger partial charge in [-0.3, -0.25) is 0 Å². The van der Waals surface area contributed by atoms with Crippen LogP contribution in [0.15, 0.2) is 12.5 Å². The highest BCUT2D eigenvalue weighted by molar-refractivity contribution is 5.01. The number of nitrogens with one attached hydrogen (secondary N) is 1. The van der Waals surface area contributed by atoms with Crippen LogP contribution in [0, 0.1) is 5.92 Å². The maximum absolute atomic E-state index is 5.89. The van der Waals surface area contributed by atoms with Crippen LogP contribution in [0.1, 0.15) is 44.3 Å². The third-order valence-corrected chi connectivity index (χ3v) is 3.96. The molecule has 0 amide bonds. The molecular formula is C14H23N3O. The van der Waals surface area contributed by atoms with Crippen LogP contribution in [0.2, 0.25) is 0 Å². The molecule has 18 heavy (non-hydrogen) atoms. The van der Waals surface area contributed by atoms with Gasteiger partial charge < -0.3 is 14.6 Å². The van der Waals surface area contributed by atoms with E-state index >= 15 is 0 Å². The summed E-state index contributed by atoms with van der Waals surface area (Å²) in [5.41, 5.74) is 1.14. The van der Waals surface area contributed by atoms with Crippen LogP contribution in [0.3, 0.4) is 0 Å². The van der Waals surface area contributed by atoms with Crippen molar-refractivity contribution in [3.63, 3.8) is 0 Å². The van der Waals surface area contributed by atoms with Gasteiger partial charge >= 0.3 is 0 Å². The zero-order valence-corrected chi connectivity index (χ0v) is 11.1. The summed E-state index contributed by atoms with van der Waals surface area (Å²) in [6, 6.07) is 0.518. The Bertz CT molecular complexity index is 386. The summed E-state index contributed by atoms with van der Waals surface area (Å²) in [4.78, 5) is 4.49. The number of rotatable bonds is 6. The molecule has 1 N–H and O–H groups in total. The van der Waals surface area contributed by atoms with Gasteiger partial charge in [0, 0.05) is 19.3 Å². The van der Waals surface area contributed by atoms with Gasteiger partial charge in [-0.2, -0.15) is 0 Å². The fraction of sp³-hybridized carbons (Fsp3) is 0.786. The molecule has 1 aromatic rings. The number of aromatic nitrogens is 2. The lowest BCUT2D eigenvalue weighted by molar-refractivity contribution is 0.0750. The van der Waals surface area contributed by atoms with Crippen molar-refractivity contribution >= 4 is 0 Å². The molecule has 1 aliphatic carbocycles. The second kappa shape index (κ2) is 5.41. The van der Waals surface area contributed by atoms with Crippen molar-refractivity contribution in [2.45, 2.75) is 51.3 Å². The second-order valence-electron chi connectivity index (χ2n) is 5.52. The Morgan fingerprint density at radius 1 is 1.44 bits per heavy atom. The Balaban J connectivity index is 1.61. The van der Waals surface area contributed by atoms with E-state index in [1.807, 2.05) is 6.33 Å².